The summed E-state index contributed by atoms with van der Waals surface area (Å²) >= 11 is 0. The van der Waals surface area contributed by atoms with Crippen molar-refractivity contribution in [2.45, 2.75) is 111 Å². The third kappa shape index (κ3) is 3.14. The quantitative estimate of drug-likeness (QED) is 0.491. The van der Waals surface area contributed by atoms with E-state index in [1.165, 1.54) is 50.5 Å². The number of allylic oxidation sites excluding steroid dienone is 1. The van der Waals surface area contributed by atoms with Gasteiger partial charge in [0, 0.05) is 12.8 Å². The third-order valence-electron chi connectivity index (χ3n) is 10.6. The number of aliphatic hydroxyl groups excluding tert-OH is 1. The first-order valence-electron chi connectivity index (χ1n) is 12.8. The molecule has 0 aromatic carbocycles. The van der Waals surface area contributed by atoms with Crippen LogP contribution in [0, 0.1) is 46.3 Å². The van der Waals surface area contributed by atoms with Crippen LogP contribution in [0.4, 0.5) is 0 Å². The van der Waals surface area contributed by atoms with Gasteiger partial charge >= 0.3 is 0 Å². The van der Waals surface area contributed by atoms with Gasteiger partial charge in [-0.1, -0.05) is 53.9 Å². The van der Waals surface area contributed by atoms with Gasteiger partial charge in [-0.15, -0.1) is 0 Å². The van der Waals surface area contributed by atoms with E-state index in [4.69, 9.17) is 4.74 Å². The summed E-state index contributed by atoms with van der Waals surface area (Å²) in [6.07, 6.45) is 13.8. The number of ether oxygens (including phenoxy) is 1. The molecule has 29 heavy (non-hydrogen) atoms. The molecular weight excluding hydrogens is 356 g/mol. The van der Waals surface area contributed by atoms with E-state index in [0.717, 1.165) is 54.6 Å². The van der Waals surface area contributed by atoms with E-state index in [0.29, 0.717) is 23.5 Å². The maximum absolute atomic E-state index is 11.1. The molecule has 0 aromatic heterocycles. The summed E-state index contributed by atoms with van der Waals surface area (Å²) in [6.45, 7) is 12.4. The second-order valence-electron chi connectivity index (χ2n) is 12.6. The van der Waals surface area contributed by atoms with Crippen LogP contribution < -0.4 is 0 Å². The second-order valence-corrected chi connectivity index (χ2v) is 12.6. The molecule has 4 aliphatic carbocycles. The van der Waals surface area contributed by atoms with Crippen molar-refractivity contribution in [1.82, 2.24) is 0 Å². The average Bonchev–Trinajstić information content (AvgIpc) is 3.29. The molecule has 2 nitrogen and oxygen atoms in total. The normalized spacial score (nSPS) is 49.3. The molecule has 2 unspecified atom stereocenters. The van der Waals surface area contributed by atoms with Crippen LogP contribution in [0.3, 0.4) is 0 Å². The van der Waals surface area contributed by atoms with Crippen molar-refractivity contribution in [3.63, 3.8) is 0 Å². The molecule has 9 atom stereocenters. The van der Waals surface area contributed by atoms with E-state index in [1.807, 2.05) is 0 Å². The standard InChI is InChI=1S/C27H44O2/c1-16(2)7-6-8-17(3)19-9-10-20-18-13-23(28)22-14-24-25(29-24)15-27(22,5)21(18)11-12-26(19,20)4/h16-21,24-25,28H,6-15H2,1-5H3/t17-,18+,19-,20+,21+,24?,25?,26-,27-/m1/s1. The molecule has 0 aromatic rings. The summed E-state index contributed by atoms with van der Waals surface area (Å²) in [5.74, 6) is 5.63. The minimum Gasteiger partial charge on any atom is -0.512 e. The smallest absolute Gasteiger partial charge is 0.0924 e. The number of hydrogen-bond acceptors (Lipinski definition) is 2. The lowest BCUT2D eigenvalue weighted by Gasteiger charge is -2.58. The first kappa shape index (κ1) is 20.4. The molecule has 1 saturated heterocycles. The van der Waals surface area contributed by atoms with Gasteiger partial charge in [-0.3, -0.25) is 0 Å². The lowest BCUT2D eigenvalue weighted by Crippen LogP contribution is -2.51. The number of epoxide rings is 1. The first-order chi connectivity index (χ1) is 13.7. The van der Waals surface area contributed by atoms with Crippen molar-refractivity contribution in [1.29, 1.82) is 0 Å². The SMILES string of the molecule is CC(C)CCC[C@@H](C)[C@H]1CC[C@H]2[C@@H]3CC(O)=C4CC5OC5C[C@]4(C)[C@H]3CC[C@]12C. The second kappa shape index (κ2) is 7.01. The van der Waals surface area contributed by atoms with Crippen molar-refractivity contribution in [3.8, 4) is 0 Å². The molecule has 3 saturated carbocycles. The Bertz CT molecular complexity index is 680. The minimum atomic E-state index is 0.201. The molecule has 164 valence electrons. The lowest BCUT2D eigenvalue weighted by molar-refractivity contribution is -0.0576. The third-order valence-corrected chi connectivity index (χ3v) is 10.6. The fourth-order valence-corrected chi connectivity index (χ4v) is 9.07. The van der Waals surface area contributed by atoms with Gasteiger partial charge in [0.15, 0.2) is 0 Å². The Kier molecular flexibility index (Phi) is 4.93. The fraction of sp³-hybridized carbons (Fsp3) is 0.926. The van der Waals surface area contributed by atoms with Crippen molar-refractivity contribution in [2.75, 3.05) is 0 Å². The van der Waals surface area contributed by atoms with Crippen LogP contribution in [0.25, 0.3) is 0 Å². The van der Waals surface area contributed by atoms with Gasteiger partial charge in [0.2, 0.25) is 0 Å². The highest BCUT2D eigenvalue weighted by molar-refractivity contribution is 5.31. The van der Waals surface area contributed by atoms with Crippen molar-refractivity contribution in [2.24, 2.45) is 46.3 Å². The van der Waals surface area contributed by atoms with Crippen LogP contribution in [0.15, 0.2) is 11.3 Å². The molecule has 0 amide bonds. The summed E-state index contributed by atoms with van der Waals surface area (Å²) in [6, 6.07) is 0. The summed E-state index contributed by atoms with van der Waals surface area (Å²) < 4.78 is 5.93. The van der Waals surface area contributed by atoms with Crippen LogP contribution >= 0.6 is 0 Å². The maximum Gasteiger partial charge on any atom is 0.0924 e. The molecule has 1 aliphatic heterocycles. The van der Waals surface area contributed by atoms with Crippen LogP contribution in [-0.2, 0) is 4.74 Å². The van der Waals surface area contributed by atoms with Crippen molar-refractivity contribution in [3.05, 3.63) is 11.3 Å². The number of rotatable bonds is 5. The molecule has 0 spiro atoms. The first-order valence-corrected chi connectivity index (χ1v) is 12.8. The number of hydrogen-bond donors (Lipinski definition) is 1. The topological polar surface area (TPSA) is 32.8 Å². The Morgan fingerprint density at radius 2 is 1.79 bits per heavy atom. The van der Waals surface area contributed by atoms with E-state index >= 15 is 0 Å². The molecule has 0 radical (unpaired) electrons. The minimum absolute atomic E-state index is 0.201. The predicted molar refractivity (Wildman–Crippen MR) is 119 cm³/mol. The monoisotopic (exact) mass is 400 g/mol. The van der Waals surface area contributed by atoms with Crippen molar-refractivity contribution < 1.29 is 9.84 Å². The van der Waals surface area contributed by atoms with E-state index in [9.17, 15) is 5.11 Å². The Balaban J connectivity index is 1.35. The molecule has 1 N–H and O–H groups in total. The highest BCUT2D eigenvalue weighted by atomic mass is 16.6. The molecule has 5 aliphatic rings. The zero-order chi connectivity index (χ0) is 20.6. The summed E-state index contributed by atoms with van der Waals surface area (Å²) in [5.41, 5.74) is 2.09. The molecule has 4 fully saturated rings. The lowest BCUT2D eigenvalue weighted by atomic mass is 9.46. The predicted octanol–water partition coefficient (Wildman–Crippen LogP) is 7.29. The van der Waals surface area contributed by atoms with Gasteiger partial charge < -0.3 is 9.84 Å². The molecule has 0 bridgehead atoms. The van der Waals surface area contributed by atoms with Crippen LogP contribution in [0.2, 0.25) is 0 Å². The summed E-state index contributed by atoms with van der Waals surface area (Å²) in [7, 11) is 0. The van der Waals surface area contributed by atoms with Crippen molar-refractivity contribution >= 4 is 0 Å². The van der Waals surface area contributed by atoms with E-state index in [2.05, 4.69) is 34.6 Å². The fourth-order valence-electron chi connectivity index (χ4n) is 9.07. The van der Waals surface area contributed by atoms with Gasteiger partial charge in [0.05, 0.1) is 18.0 Å². The van der Waals surface area contributed by atoms with E-state index in [1.54, 1.807) is 0 Å². The van der Waals surface area contributed by atoms with Gasteiger partial charge in [-0.25, -0.2) is 0 Å². The molecular formula is C27H44O2. The van der Waals surface area contributed by atoms with Gasteiger partial charge in [-0.2, -0.15) is 0 Å². The zero-order valence-electron chi connectivity index (χ0n) is 19.5. The summed E-state index contributed by atoms with van der Waals surface area (Å²) in [4.78, 5) is 0. The average molecular weight is 401 g/mol. The molecule has 1 heterocycles. The Morgan fingerprint density at radius 3 is 2.55 bits per heavy atom. The van der Waals surface area contributed by atoms with Crippen LogP contribution in [0.5, 0.6) is 0 Å². The van der Waals surface area contributed by atoms with E-state index < -0.39 is 0 Å². The Labute approximate surface area is 178 Å². The Hall–Kier alpha value is -0.500. The number of fused-ring (bicyclic) bond motifs is 6. The van der Waals surface area contributed by atoms with Crippen LogP contribution in [-0.4, -0.2) is 17.3 Å². The summed E-state index contributed by atoms with van der Waals surface area (Å²) in [5, 5.41) is 11.1. The highest BCUT2D eigenvalue weighted by Gasteiger charge is 2.63. The van der Waals surface area contributed by atoms with Gasteiger partial charge in [0.25, 0.3) is 0 Å². The zero-order valence-corrected chi connectivity index (χ0v) is 19.5. The van der Waals surface area contributed by atoms with E-state index in [-0.39, 0.29) is 5.41 Å². The molecule has 2 heteroatoms. The largest absolute Gasteiger partial charge is 0.512 e. The van der Waals surface area contributed by atoms with Gasteiger partial charge in [-0.05, 0) is 84.0 Å². The van der Waals surface area contributed by atoms with Gasteiger partial charge in [0.1, 0.15) is 0 Å². The Morgan fingerprint density at radius 1 is 1.00 bits per heavy atom. The van der Waals surface area contributed by atoms with Crippen LogP contribution in [0.1, 0.15) is 98.8 Å². The molecule has 5 rings (SSSR count). The highest BCUT2D eigenvalue weighted by Crippen LogP contribution is 2.69. The maximum atomic E-state index is 11.1. The number of aliphatic hydroxyl groups is 1.